The molecule has 5 nitrogen and oxygen atoms in total. The van der Waals surface area contributed by atoms with Gasteiger partial charge in [0.2, 0.25) is 5.91 Å². The van der Waals surface area contributed by atoms with Gasteiger partial charge in [0.05, 0.1) is 18.8 Å². The number of hydrogen-bond donors (Lipinski definition) is 3. The van der Waals surface area contributed by atoms with Gasteiger partial charge in [0.15, 0.2) is 0 Å². The van der Waals surface area contributed by atoms with Gasteiger partial charge in [0.25, 0.3) is 0 Å². The van der Waals surface area contributed by atoms with Crippen LogP contribution in [0.4, 0.5) is 5.69 Å². The average molecular weight is 252 g/mol. The molecule has 0 saturated heterocycles. The third-order valence-electron chi connectivity index (χ3n) is 2.67. The first-order valence-corrected chi connectivity index (χ1v) is 6.02. The number of methoxy groups -OCH3 is 1. The van der Waals surface area contributed by atoms with Crippen LogP contribution in [0.15, 0.2) is 18.2 Å². The zero-order valence-electron chi connectivity index (χ0n) is 10.8. The summed E-state index contributed by atoms with van der Waals surface area (Å²) < 4.78 is 5.02. The van der Waals surface area contributed by atoms with Crippen molar-refractivity contribution in [2.75, 3.05) is 12.4 Å². The van der Waals surface area contributed by atoms with Crippen LogP contribution in [-0.4, -0.2) is 24.2 Å². The Morgan fingerprint density at radius 1 is 1.56 bits per heavy atom. The first kappa shape index (κ1) is 14.3. The van der Waals surface area contributed by atoms with Crippen LogP contribution in [0.2, 0.25) is 0 Å². The monoisotopic (exact) mass is 252 g/mol. The van der Waals surface area contributed by atoms with Gasteiger partial charge in [-0.2, -0.15) is 0 Å². The molecular weight excluding hydrogens is 232 g/mol. The highest BCUT2D eigenvalue weighted by Gasteiger charge is 2.14. The molecule has 1 aromatic carbocycles. The minimum Gasteiger partial charge on any atom is -0.506 e. The second kappa shape index (κ2) is 6.86. The normalized spacial score (nSPS) is 11.9. The number of hydrogen-bond acceptors (Lipinski definition) is 4. The summed E-state index contributed by atoms with van der Waals surface area (Å²) in [5.74, 6) is 0.254. The number of nitrogens with two attached hydrogens (primary N) is 1. The summed E-state index contributed by atoms with van der Waals surface area (Å²) >= 11 is 0. The van der Waals surface area contributed by atoms with Gasteiger partial charge in [0, 0.05) is 6.07 Å². The summed E-state index contributed by atoms with van der Waals surface area (Å²) in [4.78, 5) is 11.8. The van der Waals surface area contributed by atoms with E-state index in [4.69, 9.17) is 10.5 Å². The predicted molar refractivity (Wildman–Crippen MR) is 70.8 cm³/mol. The lowest BCUT2D eigenvalue weighted by atomic mass is 10.1. The third kappa shape index (κ3) is 3.92. The number of carbonyl (C=O) groups excluding carboxylic acids is 1. The molecule has 18 heavy (non-hydrogen) atoms. The molecule has 1 amide bonds. The molecule has 0 aliphatic rings. The highest BCUT2D eigenvalue weighted by atomic mass is 16.5. The van der Waals surface area contributed by atoms with E-state index in [0.717, 1.165) is 12.8 Å². The predicted octanol–water partition coefficient (Wildman–Crippen LogP) is 1.86. The molecule has 1 aromatic rings. The molecule has 1 rings (SSSR count). The minimum atomic E-state index is -0.560. The molecule has 1 unspecified atom stereocenters. The van der Waals surface area contributed by atoms with Gasteiger partial charge in [-0.25, -0.2) is 0 Å². The molecule has 0 bridgehead atoms. The van der Waals surface area contributed by atoms with Crippen LogP contribution >= 0.6 is 0 Å². The Hall–Kier alpha value is -1.75. The van der Waals surface area contributed by atoms with Gasteiger partial charge in [-0.1, -0.05) is 19.8 Å². The van der Waals surface area contributed by atoms with Crippen molar-refractivity contribution in [1.82, 2.24) is 0 Å². The number of nitrogens with one attached hydrogen (secondary N) is 1. The number of carbonyl (C=O) groups is 1. The maximum Gasteiger partial charge on any atom is 0.241 e. The summed E-state index contributed by atoms with van der Waals surface area (Å²) in [6.07, 6.45) is 2.52. The molecule has 4 N–H and O–H groups in total. The standard InChI is InChI=1S/C13H20N2O3/c1-3-4-5-10(14)13(17)15-11-8-9(18-2)6-7-12(11)16/h6-8,10,16H,3-5,14H2,1-2H3,(H,15,17). The SMILES string of the molecule is CCCCC(N)C(=O)Nc1cc(OC)ccc1O. The molecule has 0 saturated carbocycles. The van der Waals surface area contributed by atoms with Crippen LogP contribution in [0.25, 0.3) is 0 Å². The summed E-state index contributed by atoms with van der Waals surface area (Å²) in [6, 6.07) is 4.07. The zero-order chi connectivity index (χ0) is 13.5. The Morgan fingerprint density at radius 2 is 2.28 bits per heavy atom. The van der Waals surface area contributed by atoms with Crippen LogP contribution in [0, 0.1) is 0 Å². The van der Waals surface area contributed by atoms with Gasteiger partial charge >= 0.3 is 0 Å². The lowest BCUT2D eigenvalue weighted by Gasteiger charge is -2.13. The number of benzene rings is 1. The Balaban J connectivity index is 2.68. The summed E-state index contributed by atoms with van der Waals surface area (Å²) in [5, 5.41) is 12.2. The maximum absolute atomic E-state index is 11.8. The van der Waals surface area contributed by atoms with Crippen molar-refractivity contribution in [3.05, 3.63) is 18.2 Å². The number of rotatable bonds is 6. The summed E-state index contributed by atoms with van der Waals surface area (Å²) in [6.45, 7) is 2.04. The molecule has 1 atom stereocenters. The molecule has 0 radical (unpaired) electrons. The van der Waals surface area contributed by atoms with Gasteiger partial charge in [-0.3, -0.25) is 4.79 Å². The number of phenols is 1. The highest BCUT2D eigenvalue weighted by molar-refractivity contribution is 5.96. The lowest BCUT2D eigenvalue weighted by Crippen LogP contribution is -2.35. The summed E-state index contributed by atoms with van der Waals surface area (Å²) in [5.41, 5.74) is 6.06. The minimum absolute atomic E-state index is 0.00755. The van der Waals surface area contributed by atoms with Gasteiger partial charge in [-0.15, -0.1) is 0 Å². The van der Waals surface area contributed by atoms with E-state index >= 15 is 0 Å². The Morgan fingerprint density at radius 3 is 2.89 bits per heavy atom. The van der Waals surface area contributed by atoms with E-state index in [9.17, 15) is 9.90 Å². The van der Waals surface area contributed by atoms with Crippen LogP contribution in [0.1, 0.15) is 26.2 Å². The molecule has 0 aliphatic carbocycles. The van der Waals surface area contributed by atoms with E-state index in [1.807, 2.05) is 6.92 Å². The van der Waals surface area contributed by atoms with Crippen molar-refractivity contribution in [1.29, 1.82) is 0 Å². The quantitative estimate of drug-likeness (QED) is 0.675. The first-order chi connectivity index (χ1) is 8.58. The Kier molecular flexibility index (Phi) is 5.45. The van der Waals surface area contributed by atoms with Gasteiger partial charge in [0.1, 0.15) is 11.5 Å². The Labute approximate surface area is 107 Å². The number of phenolic OH excluding ortho intramolecular Hbond substituents is 1. The molecule has 0 aliphatic heterocycles. The molecule has 5 heteroatoms. The number of ether oxygens (including phenoxy) is 1. The number of unbranched alkanes of at least 4 members (excludes halogenated alkanes) is 1. The van der Waals surface area contributed by atoms with E-state index in [0.29, 0.717) is 17.9 Å². The van der Waals surface area contributed by atoms with E-state index in [2.05, 4.69) is 5.32 Å². The smallest absolute Gasteiger partial charge is 0.241 e. The zero-order valence-corrected chi connectivity index (χ0v) is 10.8. The molecule has 0 fully saturated rings. The van der Waals surface area contributed by atoms with Crippen LogP contribution in [-0.2, 0) is 4.79 Å². The van der Waals surface area contributed by atoms with Crippen molar-refractivity contribution in [3.63, 3.8) is 0 Å². The molecular formula is C13H20N2O3. The number of aromatic hydroxyl groups is 1. The molecule has 100 valence electrons. The van der Waals surface area contributed by atoms with E-state index in [1.54, 1.807) is 12.1 Å². The van der Waals surface area contributed by atoms with Crippen LogP contribution < -0.4 is 15.8 Å². The second-order valence-corrected chi connectivity index (χ2v) is 4.12. The van der Waals surface area contributed by atoms with Crippen molar-refractivity contribution in [2.45, 2.75) is 32.2 Å². The van der Waals surface area contributed by atoms with Crippen molar-refractivity contribution >= 4 is 11.6 Å². The van der Waals surface area contributed by atoms with E-state index in [-0.39, 0.29) is 11.7 Å². The van der Waals surface area contributed by atoms with Crippen molar-refractivity contribution < 1.29 is 14.6 Å². The Bertz CT molecular complexity index is 407. The van der Waals surface area contributed by atoms with Crippen LogP contribution in [0.3, 0.4) is 0 Å². The van der Waals surface area contributed by atoms with Crippen LogP contribution in [0.5, 0.6) is 11.5 Å². The fraction of sp³-hybridized carbons (Fsp3) is 0.462. The maximum atomic E-state index is 11.8. The first-order valence-electron chi connectivity index (χ1n) is 6.02. The number of anilines is 1. The molecule has 0 spiro atoms. The highest BCUT2D eigenvalue weighted by Crippen LogP contribution is 2.27. The second-order valence-electron chi connectivity index (χ2n) is 4.12. The van der Waals surface area contributed by atoms with Gasteiger partial charge in [-0.05, 0) is 18.6 Å². The lowest BCUT2D eigenvalue weighted by molar-refractivity contribution is -0.117. The average Bonchev–Trinajstić information content (AvgIpc) is 2.38. The topological polar surface area (TPSA) is 84.6 Å². The largest absolute Gasteiger partial charge is 0.506 e. The third-order valence-corrected chi connectivity index (χ3v) is 2.67. The number of amides is 1. The fourth-order valence-electron chi connectivity index (χ4n) is 1.52. The van der Waals surface area contributed by atoms with Crippen molar-refractivity contribution in [3.8, 4) is 11.5 Å². The van der Waals surface area contributed by atoms with E-state index < -0.39 is 6.04 Å². The van der Waals surface area contributed by atoms with Gasteiger partial charge < -0.3 is 20.9 Å². The van der Waals surface area contributed by atoms with Crippen molar-refractivity contribution in [2.24, 2.45) is 5.73 Å². The molecule has 0 aromatic heterocycles. The molecule has 0 heterocycles. The van der Waals surface area contributed by atoms with E-state index in [1.165, 1.54) is 13.2 Å². The fourth-order valence-corrected chi connectivity index (χ4v) is 1.52. The summed E-state index contributed by atoms with van der Waals surface area (Å²) in [7, 11) is 1.52.